The Morgan fingerprint density at radius 2 is 0.828 bits per heavy atom. The first-order valence-corrected chi connectivity index (χ1v) is 29.6. The quantitative estimate of drug-likeness (QED) is 0.0905. The van der Waals surface area contributed by atoms with Crippen LogP contribution in [0.2, 0.25) is 0 Å². The summed E-state index contributed by atoms with van der Waals surface area (Å²) in [6, 6.07) is 104. The molecule has 6 nitrogen and oxygen atoms in total. The third-order valence-corrected chi connectivity index (χ3v) is 16.6. The highest BCUT2D eigenvalue weighted by Gasteiger charge is 2.24. The zero-order valence-corrected chi connectivity index (χ0v) is 48.5. The number of ether oxygens (including phenoxy) is 1. The van der Waals surface area contributed by atoms with Gasteiger partial charge in [-0.1, -0.05) is 221 Å². The van der Waals surface area contributed by atoms with Crippen molar-refractivity contribution in [2.45, 2.75) is 26.2 Å². The van der Waals surface area contributed by atoms with Crippen molar-refractivity contribution in [1.29, 1.82) is 0 Å². The van der Waals surface area contributed by atoms with Gasteiger partial charge < -0.3 is 4.74 Å². The van der Waals surface area contributed by atoms with Crippen LogP contribution in [0.5, 0.6) is 11.5 Å². The van der Waals surface area contributed by atoms with Crippen LogP contribution in [0.3, 0.4) is 0 Å². The summed E-state index contributed by atoms with van der Waals surface area (Å²) in [4.78, 5) is 10.1. The number of hydrogen-bond donors (Lipinski definition) is 0. The number of fused-ring (bicyclic) bond motifs is 4. The Kier molecular flexibility index (Phi) is 13.3. The van der Waals surface area contributed by atoms with Gasteiger partial charge in [0.2, 0.25) is 0 Å². The maximum atomic E-state index is 6.95. The Morgan fingerprint density at radius 3 is 1.38 bits per heavy atom. The number of nitrogens with zero attached hydrogens (tertiary/aromatic N) is 5. The van der Waals surface area contributed by atoms with E-state index in [9.17, 15) is 0 Å². The van der Waals surface area contributed by atoms with Gasteiger partial charge in [-0.3, -0.25) is 18.7 Å². The van der Waals surface area contributed by atoms with Crippen molar-refractivity contribution in [3.05, 3.63) is 315 Å². The fourth-order valence-electron chi connectivity index (χ4n) is 12.3. The minimum atomic E-state index is -0.0696. The summed E-state index contributed by atoms with van der Waals surface area (Å²) in [7, 11) is 0. The number of benzene rings is 11. The number of aromatic nitrogens is 5. The van der Waals surface area contributed by atoms with Gasteiger partial charge in [0, 0.05) is 35.3 Å². The Bertz CT molecular complexity index is 4770. The van der Waals surface area contributed by atoms with Crippen molar-refractivity contribution < 1.29 is 9.30 Å². The van der Waals surface area contributed by atoms with Crippen molar-refractivity contribution in [1.82, 2.24) is 19.1 Å². The van der Waals surface area contributed by atoms with Crippen LogP contribution in [0.25, 0.3) is 128 Å². The standard InChI is InChI=1S/C81H59N5O/c1-81(2,3)67-40-42-83-79(51-67)86-74-39-36-60(55-22-9-4-10-23-55)50-73(74)72-38-37-68(52-77(72)86)87-69-41-43-82-78(53-69)84-54-85(76-35-20-19-34-75(76)84)80-70(65-46-61(56-24-11-5-12-25-56)44-62(47-65)57-26-13-6-14-27-57)32-21-33-71(80)66-48-63(58-28-15-7-16-29-58)45-64(49-66)59-30-17-8-18-31-59/h4-53H,1-3H3. The Balaban J connectivity index is 0.901. The largest absolute Gasteiger partial charge is 0.458 e. The van der Waals surface area contributed by atoms with E-state index in [2.05, 4.69) is 320 Å². The van der Waals surface area contributed by atoms with Crippen LogP contribution in [-0.2, 0) is 5.41 Å². The summed E-state index contributed by atoms with van der Waals surface area (Å²) in [6.45, 7) is 6.72. The van der Waals surface area contributed by atoms with Crippen LogP contribution < -0.4 is 9.30 Å². The van der Waals surface area contributed by atoms with Crippen molar-refractivity contribution >= 4 is 32.8 Å². The minimum Gasteiger partial charge on any atom is -0.458 e. The molecule has 4 aromatic heterocycles. The van der Waals surface area contributed by atoms with Crippen molar-refractivity contribution in [3.63, 3.8) is 0 Å². The molecule has 0 saturated carbocycles. The smallest absolute Gasteiger partial charge is 0.271 e. The van der Waals surface area contributed by atoms with Crippen LogP contribution in [0.15, 0.2) is 304 Å². The van der Waals surface area contributed by atoms with Gasteiger partial charge in [-0.05, 0) is 168 Å². The van der Waals surface area contributed by atoms with Crippen molar-refractivity contribution in [3.8, 4) is 107 Å². The Labute approximate surface area is 506 Å². The fraction of sp³-hybridized carbons (Fsp3) is 0.0494. The molecule has 87 heavy (non-hydrogen) atoms. The van der Waals surface area contributed by atoms with E-state index in [1.807, 2.05) is 24.5 Å². The molecule has 0 amide bonds. The Morgan fingerprint density at radius 1 is 0.345 bits per heavy atom. The number of hydrogen-bond acceptors (Lipinski definition) is 3. The molecule has 0 bridgehead atoms. The fourth-order valence-corrected chi connectivity index (χ4v) is 12.3. The minimum absolute atomic E-state index is 0.0696. The van der Waals surface area contributed by atoms with Crippen LogP contribution >= 0.6 is 0 Å². The molecule has 414 valence electrons. The number of para-hydroxylation sites is 3. The van der Waals surface area contributed by atoms with E-state index in [4.69, 9.17) is 14.7 Å². The van der Waals surface area contributed by atoms with E-state index >= 15 is 0 Å². The first-order valence-electron chi connectivity index (χ1n) is 29.6. The second kappa shape index (κ2) is 22.1. The molecule has 15 aromatic rings. The van der Waals surface area contributed by atoms with E-state index in [1.54, 1.807) is 0 Å². The van der Waals surface area contributed by atoms with Gasteiger partial charge in [-0.2, -0.15) is 0 Å². The molecule has 0 unspecified atom stereocenters. The molecule has 15 rings (SSSR count). The highest BCUT2D eigenvalue weighted by atomic mass is 16.5. The molecule has 0 N–H and O–H groups in total. The highest BCUT2D eigenvalue weighted by molar-refractivity contribution is 6.11. The predicted molar refractivity (Wildman–Crippen MR) is 357 cm³/mol. The second-order valence-corrected chi connectivity index (χ2v) is 23.2. The van der Waals surface area contributed by atoms with Gasteiger partial charge in [0.05, 0.1) is 27.8 Å². The number of rotatable bonds is 12. The van der Waals surface area contributed by atoms with E-state index < -0.39 is 0 Å². The Hall–Kier alpha value is -11.2. The van der Waals surface area contributed by atoms with Crippen molar-refractivity contribution in [2.24, 2.45) is 0 Å². The van der Waals surface area contributed by atoms with E-state index in [-0.39, 0.29) is 5.41 Å². The van der Waals surface area contributed by atoms with E-state index in [1.165, 1.54) is 11.1 Å². The molecule has 0 aliphatic carbocycles. The molecule has 0 saturated heterocycles. The predicted octanol–water partition coefficient (Wildman–Crippen LogP) is 20.4. The first kappa shape index (κ1) is 52.6. The second-order valence-electron chi connectivity index (χ2n) is 23.2. The van der Waals surface area contributed by atoms with Gasteiger partial charge in [0.15, 0.2) is 5.82 Å². The number of pyridine rings is 2. The lowest BCUT2D eigenvalue weighted by Gasteiger charge is -2.20. The molecule has 6 heteroatoms. The van der Waals surface area contributed by atoms with Gasteiger partial charge >= 0.3 is 0 Å². The summed E-state index contributed by atoms with van der Waals surface area (Å²) in [6.07, 6.45) is 7.66. The molecule has 11 aromatic carbocycles. The zero-order chi connectivity index (χ0) is 58.4. The van der Waals surface area contributed by atoms with Gasteiger partial charge in [-0.25, -0.2) is 4.98 Å². The van der Waals surface area contributed by atoms with E-state index in [0.717, 1.165) is 117 Å². The molecule has 0 aliphatic rings. The lowest BCUT2D eigenvalue weighted by atomic mass is 9.88. The number of imidazole rings is 1. The maximum absolute atomic E-state index is 6.95. The topological polar surface area (TPSA) is 48.8 Å². The van der Waals surface area contributed by atoms with E-state index in [0.29, 0.717) is 17.3 Å². The summed E-state index contributed by atoms with van der Waals surface area (Å²) < 4.78 is 13.5. The zero-order valence-electron chi connectivity index (χ0n) is 48.5. The van der Waals surface area contributed by atoms with Crippen LogP contribution in [0, 0.1) is 6.33 Å². The first-order chi connectivity index (χ1) is 42.7. The average molecular weight is 1120 g/mol. The third kappa shape index (κ3) is 10.1. The monoisotopic (exact) mass is 1120 g/mol. The summed E-state index contributed by atoms with van der Waals surface area (Å²) >= 11 is 0. The van der Waals surface area contributed by atoms with Gasteiger partial charge in [0.25, 0.3) is 6.33 Å². The molecule has 0 fully saturated rings. The van der Waals surface area contributed by atoms with Crippen molar-refractivity contribution in [2.75, 3.05) is 0 Å². The van der Waals surface area contributed by atoms with Crippen LogP contribution in [0.4, 0.5) is 0 Å². The highest BCUT2D eigenvalue weighted by Crippen LogP contribution is 2.43. The molecule has 4 heterocycles. The van der Waals surface area contributed by atoms with Crippen LogP contribution in [0.1, 0.15) is 26.3 Å². The van der Waals surface area contributed by atoms with Gasteiger partial charge in [-0.15, -0.1) is 0 Å². The summed E-state index contributed by atoms with van der Waals surface area (Å²) in [5.74, 6) is 2.84. The molecular formula is C81H59N5O. The van der Waals surface area contributed by atoms with Gasteiger partial charge in [0.1, 0.15) is 17.3 Å². The average Bonchev–Trinajstić information content (AvgIpc) is 2.07. The molecular weight excluding hydrogens is 1060 g/mol. The SMILES string of the molecule is CC(C)(C)c1ccnc(-n2c3ccc(-c4ccccc4)cc3c3ccc(Oc4ccnc(-n5[c-][n+](-c6c(-c7cc(-c8ccccc8)cc(-c8ccccc8)c7)cccc6-c6cc(-c7ccccc7)cc(-c7ccccc7)c6)c6ccccc65)c4)cc32)c1. The molecule has 0 radical (unpaired) electrons. The molecule has 0 atom stereocenters. The lowest BCUT2D eigenvalue weighted by Crippen LogP contribution is -2.31. The lowest BCUT2D eigenvalue weighted by molar-refractivity contribution is -0.571. The summed E-state index contributed by atoms with van der Waals surface area (Å²) in [5.41, 5.74) is 21.7. The molecule has 0 spiro atoms. The van der Waals surface area contributed by atoms with Crippen LogP contribution in [-0.4, -0.2) is 19.1 Å². The molecule has 0 aliphatic heterocycles. The third-order valence-electron chi connectivity index (χ3n) is 16.6. The summed E-state index contributed by atoms with van der Waals surface area (Å²) in [5, 5.41) is 2.25. The normalized spacial score (nSPS) is 11.6. The maximum Gasteiger partial charge on any atom is 0.271 e.